The molecule has 1 fully saturated rings. The number of amides is 1. The molecule has 2 aliphatic rings. The van der Waals surface area contributed by atoms with Crippen LogP contribution in [0.3, 0.4) is 0 Å². The molecule has 1 aromatic carbocycles. The molecular formula is C17H18ClN3O4. The molecule has 1 aliphatic carbocycles. The highest BCUT2D eigenvalue weighted by molar-refractivity contribution is 6.32. The highest BCUT2D eigenvalue weighted by Gasteiger charge is 2.40. The number of nitrogens with one attached hydrogen (secondary N) is 1. The number of aromatic nitrogens is 2. The SMILES string of the molecule is Cc1nc(C2(NC(=O)c3cc(Cl)c4c(c3)OCO4)CCCCC2)no1. The molecule has 2 aromatic rings. The molecule has 7 nitrogen and oxygen atoms in total. The van der Waals surface area contributed by atoms with Gasteiger partial charge < -0.3 is 19.3 Å². The Morgan fingerprint density at radius 3 is 2.76 bits per heavy atom. The third-order valence-electron chi connectivity index (χ3n) is 4.70. The number of carbonyl (C=O) groups is 1. The molecule has 1 aliphatic heterocycles. The number of ether oxygens (including phenoxy) is 2. The molecule has 1 saturated carbocycles. The van der Waals surface area contributed by atoms with Gasteiger partial charge in [-0.25, -0.2) is 0 Å². The number of aryl methyl sites for hydroxylation is 1. The molecule has 4 rings (SSSR count). The van der Waals surface area contributed by atoms with Crippen molar-refractivity contribution in [3.8, 4) is 11.5 Å². The predicted octanol–water partition coefficient (Wildman–Crippen LogP) is 3.35. The molecule has 1 aromatic heterocycles. The van der Waals surface area contributed by atoms with E-state index in [1.54, 1.807) is 19.1 Å². The third-order valence-corrected chi connectivity index (χ3v) is 4.99. The lowest BCUT2D eigenvalue weighted by Gasteiger charge is -2.35. The number of nitrogens with zero attached hydrogens (tertiary/aromatic N) is 2. The molecule has 25 heavy (non-hydrogen) atoms. The van der Waals surface area contributed by atoms with Gasteiger partial charge in [0, 0.05) is 12.5 Å². The summed E-state index contributed by atoms with van der Waals surface area (Å²) in [4.78, 5) is 17.3. The molecule has 8 heteroatoms. The highest BCUT2D eigenvalue weighted by Crippen LogP contribution is 2.40. The van der Waals surface area contributed by atoms with E-state index < -0.39 is 5.54 Å². The first kappa shape index (κ1) is 16.2. The van der Waals surface area contributed by atoms with Gasteiger partial charge in [0.25, 0.3) is 5.91 Å². The molecule has 0 saturated heterocycles. The Balaban J connectivity index is 1.64. The van der Waals surface area contributed by atoms with Gasteiger partial charge in [-0.2, -0.15) is 4.98 Å². The Kier molecular flexibility index (Phi) is 4.03. The maximum absolute atomic E-state index is 12.9. The lowest BCUT2D eigenvalue weighted by atomic mass is 9.80. The third kappa shape index (κ3) is 2.93. The van der Waals surface area contributed by atoms with Crippen molar-refractivity contribution in [1.82, 2.24) is 15.5 Å². The van der Waals surface area contributed by atoms with Crippen LogP contribution in [0.2, 0.25) is 5.02 Å². The summed E-state index contributed by atoms with van der Waals surface area (Å²) in [7, 11) is 0. The molecule has 0 spiro atoms. The average molecular weight is 364 g/mol. The summed E-state index contributed by atoms with van der Waals surface area (Å²) in [5.74, 6) is 1.72. The first-order valence-electron chi connectivity index (χ1n) is 8.30. The van der Waals surface area contributed by atoms with Gasteiger partial charge in [-0.1, -0.05) is 36.0 Å². The number of carbonyl (C=O) groups excluding carboxylic acids is 1. The summed E-state index contributed by atoms with van der Waals surface area (Å²) < 4.78 is 15.8. The fraction of sp³-hybridized carbons (Fsp3) is 0.471. The molecule has 0 atom stereocenters. The first-order chi connectivity index (χ1) is 12.1. The van der Waals surface area contributed by atoms with E-state index in [1.807, 2.05) is 0 Å². The quantitative estimate of drug-likeness (QED) is 0.899. The summed E-state index contributed by atoms with van der Waals surface area (Å²) in [5.41, 5.74) is -0.199. The average Bonchev–Trinajstić information content (AvgIpc) is 3.25. The normalized spacial score (nSPS) is 18.2. The van der Waals surface area contributed by atoms with E-state index in [1.165, 1.54) is 0 Å². The van der Waals surface area contributed by atoms with Crippen molar-refractivity contribution >= 4 is 17.5 Å². The lowest BCUT2D eigenvalue weighted by molar-refractivity contribution is 0.0855. The number of hydrogen-bond acceptors (Lipinski definition) is 6. The van der Waals surface area contributed by atoms with Gasteiger partial charge in [-0.3, -0.25) is 4.79 Å². The van der Waals surface area contributed by atoms with Crippen molar-refractivity contribution in [3.05, 3.63) is 34.4 Å². The molecular weight excluding hydrogens is 346 g/mol. The zero-order chi connectivity index (χ0) is 17.4. The Morgan fingerprint density at radius 1 is 1.24 bits per heavy atom. The summed E-state index contributed by atoms with van der Waals surface area (Å²) in [6.45, 7) is 1.85. The van der Waals surface area contributed by atoms with Crippen LogP contribution < -0.4 is 14.8 Å². The highest BCUT2D eigenvalue weighted by atomic mass is 35.5. The Hall–Kier alpha value is -2.28. The fourth-order valence-electron chi connectivity index (χ4n) is 3.44. The molecule has 1 N–H and O–H groups in total. The van der Waals surface area contributed by atoms with Gasteiger partial charge in [-0.05, 0) is 25.0 Å². The number of hydrogen-bond donors (Lipinski definition) is 1. The number of halogens is 1. The maximum Gasteiger partial charge on any atom is 0.252 e. The second kappa shape index (κ2) is 6.22. The topological polar surface area (TPSA) is 86.5 Å². The van der Waals surface area contributed by atoms with E-state index in [-0.39, 0.29) is 12.7 Å². The van der Waals surface area contributed by atoms with E-state index in [0.717, 1.165) is 32.1 Å². The number of benzene rings is 1. The Labute approximate surface area is 149 Å². The Bertz CT molecular complexity index is 814. The predicted molar refractivity (Wildman–Crippen MR) is 88.8 cm³/mol. The largest absolute Gasteiger partial charge is 0.454 e. The zero-order valence-corrected chi connectivity index (χ0v) is 14.6. The number of rotatable bonds is 3. The summed E-state index contributed by atoms with van der Waals surface area (Å²) >= 11 is 6.19. The van der Waals surface area contributed by atoms with E-state index >= 15 is 0 Å². The minimum absolute atomic E-state index is 0.103. The molecule has 1 amide bonds. The van der Waals surface area contributed by atoms with Crippen LogP contribution in [0, 0.1) is 6.92 Å². The molecule has 0 unspecified atom stereocenters. The van der Waals surface area contributed by atoms with Gasteiger partial charge in [0.05, 0.1) is 5.02 Å². The standard InChI is InChI=1S/C17H18ClN3O4/c1-10-19-16(21-25-10)17(5-3-2-4-6-17)20-15(22)11-7-12(18)14-13(8-11)23-9-24-14/h7-8H,2-6,9H2,1H3,(H,20,22). The second-order valence-electron chi connectivity index (χ2n) is 6.43. The van der Waals surface area contributed by atoms with Crippen LogP contribution in [-0.2, 0) is 5.54 Å². The second-order valence-corrected chi connectivity index (χ2v) is 6.83. The van der Waals surface area contributed by atoms with E-state index in [9.17, 15) is 4.79 Å². The maximum atomic E-state index is 12.9. The van der Waals surface area contributed by atoms with Gasteiger partial charge in [0.15, 0.2) is 17.3 Å². The van der Waals surface area contributed by atoms with Crippen molar-refractivity contribution in [1.29, 1.82) is 0 Å². The summed E-state index contributed by atoms with van der Waals surface area (Å²) in [6, 6.07) is 3.23. The van der Waals surface area contributed by atoms with Gasteiger partial charge >= 0.3 is 0 Å². The number of fused-ring (bicyclic) bond motifs is 1. The zero-order valence-electron chi connectivity index (χ0n) is 13.8. The minimum atomic E-state index is -0.615. The summed E-state index contributed by atoms with van der Waals surface area (Å²) in [6.07, 6.45) is 4.67. The van der Waals surface area contributed by atoms with Crippen molar-refractivity contribution in [2.24, 2.45) is 0 Å². The van der Waals surface area contributed by atoms with Crippen LogP contribution in [-0.4, -0.2) is 22.8 Å². The van der Waals surface area contributed by atoms with Gasteiger partial charge in [0.2, 0.25) is 12.7 Å². The van der Waals surface area contributed by atoms with Gasteiger partial charge in [0.1, 0.15) is 5.54 Å². The van der Waals surface area contributed by atoms with Crippen LogP contribution in [0.15, 0.2) is 16.7 Å². The molecule has 132 valence electrons. The smallest absolute Gasteiger partial charge is 0.252 e. The monoisotopic (exact) mass is 363 g/mol. The minimum Gasteiger partial charge on any atom is -0.454 e. The van der Waals surface area contributed by atoms with E-state index in [4.69, 9.17) is 25.6 Å². The van der Waals surface area contributed by atoms with E-state index in [0.29, 0.717) is 33.8 Å². The fourth-order valence-corrected chi connectivity index (χ4v) is 3.71. The van der Waals surface area contributed by atoms with E-state index in [2.05, 4.69) is 15.5 Å². The van der Waals surface area contributed by atoms with Crippen LogP contribution in [0.4, 0.5) is 0 Å². The van der Waals surface area contributed by atoms with Gasteiger partial charge in [-0.15, -0.1) is 0 Å². The Morgan fingerprint density at radius 2 is 2.04 bits per heavy atom. The molecule has 0 bridgehead atoms. The molecule has 0 radical (unpaired) electrons. The van der Waals surface area contributed by atoms with Crippen molar-refractivity contribution < 1.29 is 18.8 Å². The summed E-state index contributed by atoms with van der Waals surface area (Å²) in [5, 5.41) is 7.53. The molecule has 2 heterocycles. The van der Waals surface area contributed by atoms with Crippen LogP contribution in [0.5, 0.6) is 11.5 Å². The first-order valence-corrected chi connectivity index (χ1v) is 8.68. The van der Waals surface area contributed by atoms with Crippen LogP contribution in [0.25, 0.3) is 0 Å². The van der Waals surface area contributed by atoms with Crippen molar-refractivity contribution in [2.75, 3.05) is 6.79 Å². The van der Waals surface area contributed by atoms with Crippen molar-refractivity contribution in [2.45, 2.75) is 44.6 Å². The van der Waals surface area contributed by atoms with Crippen LogP contribution >= 0.6 is 11.6 Å². The lowest BCUT2D eigenvalue weighted by Crippen LogP contribution is -2.48. The van der Waals surface area contributed by atoms with Crippen molar-refractivity contribution in [3.63, 3.8) is 0 Å². The van der Waals surface area contributed by atoms with Crippen LogP contribution in [0.1, 0.15) is 54.2 Å².